The first-order valence-corrected chi connectivity index (χ1v) is 19.4. The number of hydrogen-bond acceptors (Lipinski definition) is 3. The molecule has 0 aliphatic rings. The van der Waals surface area contributed by atoms with Crippen molar-refractivity contribution in [2.45, 2.75) is 182 Å². The second kappa shape index (κ2) is 32.2. The van der Waals surface area contributed by atoms with Gasteiger partial charge >= 0.3 is 0 Å². The zero-order valence-electron chi connectivity index (χ0n) is 28.3. The second-order valence-electron chi connectivity index (χ2n) is 12.3. The van der Waals surface area contributed by atoms with E-state index in [1.54, 1.807) is 11.8 Å². The molecule has 0 aromatic carbocycles. The van der Waals surface area contributed by atoms with Gasteiger partial charge in [0.05, 0.1) is 11.5 Å². The van der Waals surface area contributed by atoms with Crippen molar-refractivity contribution in [1.82, 2.24) is 9.80 Å². The first-order chi connectivity index (χ1) is 20.1. The van der Waals surface area contributed by atoms with Crippen LogP contribution in [0.1, 0.15) is 182 Å². The molecular weight excluding hydrogens is 524 g/mol. The Kier molecular flexibility index (Phi) is 31.7. The molecule has 0 aromatic rings. The molecule has 0 aromatic heterocycles. The molecule has 4 nitrogen and oxygen atoms in total. The second-order valence-corrected chi connectivity index (χ2v) is 13.3. The predicted octanol–water partition coefficient (Wildman–Crippen LogP) is 10.8. The molecule has 0 atom stereocenters. The van der Waals surface area contributed by atoms with Crippen LogP contribution in [-0.2, 0) is 9.59 Å². The van der Waals surface area contributed by atoms with Crippen LogP contribution in [0.25, 0.3) is 0 Å². The van der Waals surface area contributed by atoms with Crippen LogP contribution < -0.4 is 0 Å². The van der Waals surface area contributed by atoms with Crippen molar-refractivity contribution in [3.63, 3.8) is 0 Å². The lowest BCUT2D eigenvalue weighted by Gasteiger charge is -2.24. The molecule has 0 saturated carbocycles. The van der Waals surface area contributed by atoms with Crippen molar-refractivity contribution >= 4 is 23.6 Å². The normalized spacial score (nSPS) is 11.2. The Hall–Kier alpha value is -0.710. The Morgan fingerprint density at radius 3 is 0.829 bits per heavy atom. The van der Waals surface area contributed by atoms with Gasteiger partial charge in [-0.25, -0.2) is 0 Å². The fourth-order valence-electron chi connectivity index (χ4n) is 5.46. The maximum absolute atomic E-state index is 13.2. The number of carbonyl (C=O) groups is 2. The van der Waals surface area contributed by atoms with Gasteiger partial charge in [0.1, 0.15) is 0 Å². The number of carbonyl (C=O) groups excluding carboxylic acids is 2. The topological polar surface area (TPSA) is 40.6 Å². The fourth-order valence-corrected chi connectivity index (χ4v) is 6.28. The summed E-state index contributed by atoms with van der Waals surface area (Å²) in [5.74, 6) is 1.37. The molecule has 244 valence electrons. The number of amides is 2. The minimum Gasteiger partial charge on any atom is -0.342 e. The maximum Gasteiger partial charge on any atom is 0.232 e. The minimum atomic E-state index is 0.239. The van der Waals surface area contributed by atoms with E-state index in [0.29, 0.717) is 11.5 Å². The van der Waals surface area contributed by atoms with E-state index < -0.39 is 0 Å². The van der Waals surface area contributed by atoms with Crippen molar-refractivity contribution in [2.75, 3.05) is 37.7 Å². The van der Waals surface area contributed by atoms with Gasteiger partial charge in [0.2, 0.25) is 11.8 Å². The molecule has 0 fully saturated rings. The first kappa shape index (κ1) is 40.3. The molecule has 0 radical (unpaired) electrons. The molecule has 0 rings (SSSR count). The highest BCUT2D eigenvalue weighted by atomic mass is 32.2. The van der Waals surface area contributed by atoms with E-state index in [0.717, 1.165) is 51.9 Å². The van der Waals surface area contributed by atoms with E-state index in [1.165, 1.54) is 128 Å². The van der Waals surface area contributed by atoms with Gasteiger partial charge < -0.3 is 9.80 Å². The van der Waals surface area contributed by atoms with Crippen LogP contribution in [0.4, 0.5) is 0 Å². The van der Waals surface area contributed by atoms with Crippen LogP contribution in [0, 0.1) is 0 Å². The van der Waals surface area contributed by atoms with Crippen molar-refractivity contribution in [2.24, 2.45) is 0 Å². The molecule has 0 saturated heterocycles. The fraction of sp³-hybridized carbons (Fsp3) is 0.944. The summed E-state index contributed by atoms with van der Waals surface area (Å²) in [5, 5.41) is 0. The molecule has 0 bridgehead atoms. The molecule has 0 heterocycles. The first-order valence-electron chi connectivity index (χ1n) is 18.2. The lowest BCUT2D eigenvalue weighted by atomic mass is 10.1. The minimum absolute atomic E-state index is 0.239. The highest BCUT2D eigenvalue weighted by Crippen LogP contribution is 2.14. The van der Waals surface area contributed by atoms with E-state index in [4.69, 9.17) is 0 Å². The number of hydrogen-bond donors (Lipinski definition) is 0. The van der Waals surface area contributed by atoms with Crippen LogP contribution in [-0.4, -0.2) is 59.3 Å². The lowest BCUT2D eigenvalue weighted by Crippen LogP contribution is -2.36. The monoisotopic (exact) mass is 597 g/mol. The summed E-state index contributed by atoms with van der Waals surface area (Å²) >= 11 is 1.54. The van der Waals surface area contributed by atoms with Crippen molar-refractivity contribution in [3.8, 4) is 0 Å². The van der Waals surface area contributed by atoms with Crippen LogP contribution in [0.15, 0.2) is 0 Å². The Morgan fingerprint density at radius 2 is 0.585 bits per heavy atom. The molecule has 0 spiro atoms. The molecule has 41 heavy (non-hydrogen) atoms. The summed E-state index contributed by atoms with van der Waals surface area (Å²) in [6.07, 6.45) is 30.1. The van der Waals surface area contributed by atoms with Gasteiger partial charge in [0, 0.05) is 26.2 Å². The summed E-state index contributed by atoms with van der Waals surface area (Å²) in [6, 6.07) is 0. The van der Waals surface area contributed by atoms with Gasteiger partial charge in [-0.3, -0.25) is 9.59 Å². The Labute approximate surface area is 261 Å². The summed E-state index contributed by atoms with van der Waals surface area (Å²) in [6.45, 7) is 12.6. The van der Waals surface area contributed by atoms with Crippen molar-refractivity contribution in [1.29, 1.82) is 0 Å². The molecule has 5 heteroatoms. The predicted molar refractivity (Wildman–Crippen MR) is 184 cm³/mol. The van der Waals surface area contributed by atoms with Gasteiger partial charge in [-0.15, -0.1) is 11.8 Å². The van der Waals surface area contributed by atoms with Gasteiger partial charge in [0.25, 0.3) is 0 Å². The molecule has 0 aliphatic heterocycles. The molecule has 0 unspecified atom stereocenters. The van der Waals surface area contributed by atoms with E-state index in [-0.39, 0.29) is 11.8 Å². The maximum atomic E-state index is 13.2. The number of rotatable bonds is 32. The van der Waals surface area contributed by atoms with Crippen LogP contribution in [0.3, 0.4) is 0 Å². The van der Waals surface area contributed by atoms with Gasteiger partial charge in [-0.2, -0.15) is 0 Å². The Bertz CT molecular complexity index is 492. The molecule has 0 N–H and O–H groups in total. The van der Waals surface area contributed by atoms with Crippen molar-refractivity contribution in [3.05, 3.63) is 0 Å². The summed E-state index contributed by atoms with van der Waals surface area (Å²) < 4.78 is 0. The highest BCUT2D eigenvalue weighted by Gasteiger charge is 2.17. The third kappa shape index (κ3) is 26.6. The number of thioether (sulfide) groups is 1. The smallest absolute Gasteiger partial charge is 0.232 e. The Morgan fingerprint density at radius 1 is 0.366 bits per heavy atom. The van der Waals surface area contributed by atoms with Crippen LogP contribution in [0.2, 0.25) is 0 Å². The lowest BCUT2D eigenvalue weighted by molar-refractivity contribution is -0.128. The SMILES string of the molecule is CCCCCCCCN(CCCCCCCC)C(=O)CSCC(=O)N(CCCCCCCC)CCCCCCCC. The van der Waals surface area contributed by atoms with Gasteiger partial charge in [-0.05, 0) is 25.7 Å². The molecular formula is C36H72N2O2S. The van der Waals surface area contributed by atoms with Gasteiger partial charge in [-0.1, -0.05) is 156 Å². The summed E-state index contributed by atoms with van der Waals surface area (Å²) in [7, 11) is 0. The van der Waals surface area contributed by atoms with Crippen molar-refractivity contribution < 1.29 is 9.59 Å². The Balaban J connectivity index is 4.67. The van der Waals surface area contributed by atoms with E-state index in [9.17, 15) is 9.59 Å². The average molecular weight is 597 g/mol. The molecule has 2 amide bonds. The van der Waals surface area contributed by atoms with E-state index in [1.807, 2.05) is 0 Å². The van der Waals surface area contributed by atoms with E-state index >= 15 is 0 Å². The largest absolute Gasteiger partial charge is 0.342 e. The van der Waals surface area contributed by atoms with Crippen LogP contribution in [0.5, 0.6) is 0 Å². The molecule has 0 aliphatic carbocycles. The zero-order valence-corrected chi connectivity index (χ0v) is 29.1. The zero-order chi connectivity index (χ0) is 30.2. The summed E-state index contributed by atoms with van der Waals surface area (Å²) in [5.41, 5.74) is 0. The average Bonchev–Trinajstić information content (AvgIpc) is 2.97. The number of unbranched alkanes of at least 4 members (excludes halogenated alkanes) is 20. The highest BCUT2D eigenvalue weighted by molar-refractivity contribution is 8.00. The quantitative estimate of drug-likeness (QED) is 0.0725. The number of nitrogens with zero attached hydrogens (tertiary/aromatic N) is 2. The van der Waals surface area contributed by atoms with Crippen LogP contribution >= 0.6 is 11.8 Å². The van der Waals surface area contributed by atoms with E-state index in [2.05, 4.69) is 37.5 Å². The third-order valence-corrected chi connectivity index (χ3v) is 9.18. The van der Waals surface area contributed by atoms with Gasteiger partial charge in [0.15, 0.2) is 0 Å². The summed E-state index contributed by atoms with van der Waals surface area (Å²) in [4.78, 5) is 30.6. The standard InChI is InChI=1S/C36H72N2O2S/c1-5-9-13-17-21-25-29-37(30-26-22-18-14-10-6-2)35(39)33-41-34-36(40)38(31-27-23-19-15-11-7-3)32-28-24-20-16-12-8-4/h5-34H2,1-4H3. The third-order valence-electron chi connectivity index (χ3n) is 8.28.